The fourth-order valence-electron chi connectivity index (χ4n) is 3.09. The van der Waals surface area contributed by atoms with Gasteiger partial charge in [-0.25, -0.2) is 4.98 Å². The van der Waals surface area contributed by atoms with Crippen LogP contribution in [0.4, 0.5) is 17.5 Å². The number of aryl methyl sites for hydroxylation is 2. The second-order valence-electron chi connectivity index (χ2n) is 5.72. The van der Waals surface area contributed by atoms with Crippen LogP contribution in [0.5, 0.6) is 0 Å². The van der Waals surface area contributed by atoms with Crippen molar-refractivity contribution in [2.75, 3.05) is 29.4 Å². The van der Waals surface area contributed by atoms with E-state index in [9.17, 15) is 0 Å². The number of hydrogen-bond acceptors (Lipinski definition) is 4. The normalized spacial score (nSPS) is 13.9. The number of para-hydroxylation sites is 1. The predicted octanol–water partition coefficient (Wildman–Crippen LogP) is 3.72. The number of aromatic nitrogens is 2. The molecular weight excluding hydrogens is 272 g/mol. The van der Waals surface area contributed by atoms with Crippen LogP contribution in [-0.4, -0.2) is 29.6 Å². The summed E-state index contributed by atoms with van der Waals surface area (Å²) in [4.78, 5) is 14.0. The van der Waals surface area contributed by atoms with Gasteiger partial charge in [0.25, 0.3) is 0 Å². The van der Waals surface area contributed by atoms with Crippen LogP contribution in [-0.2, 0) is 6.42 Å². The number of hydrogen-bond donors (Lipinski definition) is 0. The van der Waals surface area contributed by atoms with Crippen molar-refractivity contribution in [2.45, 2.75) is 33.6 Å². The van der Waals surface area contributed by atoms with E-state index in [0.29, 0.717) is 0 Å². The van der Waals surface area contributed by atoms with E-state index >= 15 is 0 Å². The molecule has 4 nitrogen and oxygen atoms in total. The summed E-state index contributed by atoms with van der Waals surface area (Å²) in [5.41, 5.74) is 3.72. The van der Waals surface area contributed by atoms with Crippen molar-refractivity contribution in [3.05, 3.63) is 41.6 Å². The summed E-state index contributed by atoms with van der Waals surface area (Å²) >= 11 is 0. The Kier molecular flexibility index (Phi) is 4.27. The summed E-state index contributed by atoms with van der Waals surface area (Å²) < 4.78 is 0. The SMILES string of the molecule is CCN(CC)c1nc(C)cc(N2CCCc3ccccc32)n1. The molecule has 0 aliphatic carbocycles. The lowest BCUT2D eigenvalue weighted by Gasteiger charge is -2.31. The van der Waals surface area contributed by atoms with E-state index in [1.54, 1.807) is 0 Å². The van der Waals surface area contributed by atoms with Crippen molar-refractivity contribution in [3.8, 4) is 0 Å². The zero-order valence-electron chi connectivity index (χ0n) is 13.7. The molecule has 1 aliphatic heterocycles. The van der Waals surface area contributed by atoms with Crippen LogP contribution in [0.1, 0.15) is 31.5 Å². The molecule has 0 spiro atoms. The number of benzene rings is 1. The molecule has 3 rings (SSSR count). The van der Waals surface area contributed by atoms with Gasteiger partial charge in [0, 0.05) is 37.1 Å². The second kappa shape index (κ2) is 6.34. The van der Waals surface area contributed by atoms with Gasteiger partial charge in [0.15, 0.2) is 0 Å². The maximum atomic E-state index is 4.84. The highest BCUT2D eigenvalue weighted by atomic mass is 15.3. The van der Waals surface area contributed by atoms with E-state index in [1.807, 2.05) is 6.92 Å². The molecule has 0 unspecified atom stereocenters. The fraction of sp³-hybridized carbons (Fsp3) is 0.444. The standard InChI is InChI=1S/C18H24N4/c1-4-21(5-2)18-19-14(3)13-17(20-18)22-12-8-10-15-9-6-7-11-16(15)22/h6-7,9,11,13H,4-5,8,10,12H2,1-3H3. The van der Waals surface area contributed by atoms with E-state index in [-0.39, 0.29) is 0 Å². The van der Waals surface area contributed by atoms with Crippen molar-refractivity contribution in [1.82, 2.24) is 9.97 Å². The zero-order valence-corrected chi connectivity index (χ0v) is 13.7. The topological polar surface area (TPSA) is 32.3 Å². The first-order valence-electron chi connectivity index (χ1n) is 8.19. The molecule has 116 valence electrons. The molecule has 1 aromatic carbocycles. The molecule has 0 fully saturated rings. The maximum Gasteiger partial charge on any atom is 0.227 e. The Hall–Kier alpha value is -2.10. The summed E-state index contributed by atoms with van der Waals surface area (Å²) in [6.07, 6.45) is 2.32. The Labute approximate surface area is 132 Å². The Bertz CT molecular complexity index is 649. The van der Waals surface area contributed by atoms with Gasteiger partial charge in [-0.15, -0.1) is 0 Å². The van der Waals surface area contributed by atoms with E-state index < -0.39 is 0 Å². The molecule has 1 aliphatic rings. The maximum absolute atomic E-state index is 4.84. The van der Waals surface area contributed by atoms with Gasteiger partial charge in [0.2, 0.25) is 5.95 Å². The van der Waals surface area contributed by atoms with Crippen LogP contribution in [0.3, 0.4) is 0 Å². The molecule has 0 amide bonds. The van der Waals surface area contributed by atoms with E-state index in [2.05, 4.69) is 59.0 Å². The monoisotopic (exact) mass is 296 g/mol. The minimum atomic E-state index is 0.836. The third-order valence-corrected chi connectivity index (χ3v) is 4.26. The fourth-order valence-corrected chi connectivity index (χ4v) is 3.09. The largest absolute Gasteiger partial charge is 0.341 e. The van der Waals surface area contributed by atoms with Crippen molar-refractivity contribution in [3.63, 3.8) is 0 Å². The molecule has 1 aromatic heterocycles. The highest BCUT2D eigenvalue weighted by molar-refractivity contribution is 5.66. The zero-order chi connectivity index (χ0) is 15.5. The van der Waals surface area contributed by atoms with Gasteiger partial charge in [0.05, 0.1) is 0 Å². The minimum absolute atomic E-state index is 0.836. The average Bonchev–Trinajstić information content (AvgIpc) is 2.55. The molecule has 4 heteroatoms. The first kappa shape index (κ1) is 14.8. The van der Waals surface area contributed by atoms with Gasteiger partial charge in [-0.3, -0.25) is 0 Å². The highest BCUT2D eigenvalue weighted by Crippen LogP contribution is 2.33. The van der Waals surface area contributed by atoms with Crippen molar-refractivity contribution >= 4 is 17.5 Å². The molecule has 2 heterocycles. The Morgan fingerprint density at radius 2 is 1.91 bits per heavy atom. The Balaban J connectivity index is 2.02. The molecule has 0 saturated carbocycles. The quantitative estimate of drug-likeness (QED) is 0.861. The Morgan fingerprint density at radius 1 is 1.14 bits per heavy atom. The molecule has 22 heavy (non-hydrogen) atoms. The van der Waals surface area contributed by atoms with Crippen LogP contribution in [0.2, 0.25) is 0 Å². The van der Waals surface area contributed by atoms with E-state index in [4.69, 9.17) is 4.98 Å². The second-order valence-corrected chi connectivity index (χ2v) is 5.72. The van der Waals surface area contributed by atoms with Gasteiger partial charge in [-0.1, -0.05) is 18.2 Å². The lowest BCUT2D eigenvalue weighted by molar-refractivity contribution is 0.751. The molecular formula is C18H24N4. The van der Waals surface area contributed by atoms with Crippen LogP contribution < -0.4 is 9.80 Å². The number of nitrogens with zero attached hydrogens (tertiary/aromatic N) is 4. The molecule has 0 radical (unpaired) electrons. The summed E-state index contributed by atoms with van der Waals surface area (Å²) in [5.74, 6) is 1.85. The average molecular weight is 296 g/mol. The number of rotatable bonds is 4. The highest BCUT2D eigenvalue weighted by Gasteiger charge is 2.20. The van der Waals surface area contributed by atoms with E-state index in [0.717, 1.165) is 43.5 Å². The summed E-state index contributed by atoms with van der Waals surface area (Å²) in [6, 6.07) is 10.7. The van der Waals surface area contributed by atoms with Crippen LogP contribution in [0.25, 0.3) is 0 Å². The summed E-state index contributed by atoms with van der Waals surface area (Å²) in [5, 5.41) is 0. The lowest BCUT2D eigenvalue weighted by atomic mass is 10.0. The molecule has 2 aromatic rings. The van der Waals surface area contributed by atoms with Crippen LogP contribution >= 0.6 is 0 Å². The lowest BCUT2D eigenvalue weighted by Crippen LogP contribution is -2.28. The van der Waals surface area contributed by atoms with Gasteiger partial charge in [-0.2, -0.15) is 4.98 Å². The smallest absolute Gasteiger partial charge is 0.227 e. The summed E-state index contributed by atoms with van der Waals surface area (Å²) in [7, 11) is 0. The third-order valence-electron chi connectivity index (χ3n) is 4.26. The molecule has 0 bridgehead atoms. The predicted molar refractivity (Wildman–Crippen MR) is 92.1 cm³/mol. The van der Waals surface area contributed by atoms with E-state index in [1.165, 1.54) is 17.7 Å². The van der Waals surface area contributed by atoms with Crippen molar-refractivity contribution in [2.24, 2.45) is 0 Å². The molecule has 0 N–H and O–H groups in total. The van der Waals surface area contributed by atoms with Crippen LogP contribution in [0, 0.1) is 6.92 Å². The first-order chi connectivity index (χ1) is 10.7. The van der Waals surface area contributed by atoms with Gasteiger partial charge in [-0.05, 0) is 45.2 Å². The van der Waals surface area contributed by atoms with Gasteiger partial charge in [0.1, 0.15) is 5.82 Å². The van der Waals surface area contributed by atoms with Crippen LogP contribution in [0.15, 0.2) is 30.3 Å². The Morgan fingerprint density at radius 3 is 2.68 bits per heavy atom. The first-order valence-corrected chi connectivity index (χ1v) is 8.19. The number of fused-ring (bicyclic) bond motifs is 1. The van der Waals surface area contributed by atoms with Crippen molar-refractivity contribution < 1.29 is 0 Å². The minimum Gasteiger partial charge on any atom is -0.341 e. The van der Waals surface area contributed by atoms with Gasteiger partial charge >= 0.3 is 0 Å². The van der Waals surface area contributed by atoms with Crippen molar-refractivity contribution in [1.29, 1.82) is 0 Å². The third kappa shape index (κ3) is 2.78. The van der Waals surface area contributed by atoms with Gasteiger partial charge < -0.3 is 9.80 Å². The molecule has 0 atom stereocenters. The molecule has 0 saturated heterocycles. The summed E-state index contributed by atoms with van der Waals surface area (Å²) in [6.45, 7) is 9.21. The number of anilines is 3.